The number of carbonyl (C=O) groups is 1. The van der Waals surface area contributed by atoms with Crippen LogP contribution in [-0.4, -0.2) is 36.8 Å². The first-order valence-corrected chi connectivity index (χ1v) is 9.70. The van der Waals surface area contributed by atoms with Crippen molar-refractivity contribution in [1.82, 2.24) is 10.3 Å². The van der Waals surface area contributed by atoms with Gasteiger partial charge in [-0.3, -0.25) is 14.8 Å². The lowest BCUT2D eigenvalue weighted by atomic mass is 10.2. The Kier molecular flexibility index (Phi) is 9.64. The summed E-state index contributed by atoms with van der Waals surface area (Å²) >= 11 is 0. The van der Waals surface area contributed by atoms with Crippen LogP contribution in [-0.2, 0) is 0 Å². The fourth-order valence-corrected chi connectivity index (χ4v) is 2.55. The van der Waals surface area contributed by atoms with E-state index >= 15 is 0 Å². The van der Waals surface area contributed by atoms with Crippen molar-refractivity contribution in [2.45, 2.75) is 39.0 Å². The molecule has 1 aromatic heterocycles. The molecule has 0 bridgehead atoms. The van der Waals surface area contributed by atoms with Gasteiger partial charge >= 0.3 is 0 Å². The zero-order valence-electron chi connectivity index (χ0n) is 16.1. The molecule has 5 heteroatoms. The van der Waals surface area contributed by atoms with Gasteiger partial charge in [-0.05, 0) is 42.7 Å². The lowest BCUT2D eigenvalue weighted by molar-refractivity contribution is 0.0951. The normalized spacial score (nSPS) is 10.9. The zero-order valence-corrected chi connectivity index (χ0v) is 16.1. The van der Waals surface area contributed by atoms with Gasteiger partial charge in [-0.15, -0.1) is 0 Å². The molecule has 5 nitrogen and oxygen atoms in total. The Labute approximate surface area is 161 Å². The van der Waals surface area contributed by atoms with E-state index in [0.717, 1.165) is 30.7 Å². The molecular formula is C22H29N3O2. The topological polar surface area (TPSA) is 63.6 Å². The monoisotopic (exact) mass is 367 g/mol. The highest BCUT2D eigenvalue weighted by atomic mass is 16.5. The largest absolute Gasteiger partial charge is 0.494 e. The van der Waals surface area contributed by atoms with Gasteiger partial charge in [-0.25, -0.2) is 0 Å². The molecule has 144 valence electrons. The van der Waals surface area contributed by atoms with Crippen molar-refractivity contribution in [1.29, 1.82) is 0 Å². The number of aromatic nitrogens is 1. The number of rotatable bonds is 12. The third-order valence-electron chi connectivity index (χ3n) is 4.04. The average Bonchev–Trinajstić information content (AvgIpc) is 2.71. The van der Waals surface area contributed by atoms with E-state index in [-0.39, 0.29) is 5.91 Å². The van der Waals surface area contributed by atoms with E-state index in [1.54, 1.807) is 24.5 Å². The predicted molar refractivity (Wildman–Crippen MR) is 110 cm³/mol. The molecule has 1 heterocycles. The number of benzene rings is 1. The third-order valence-corrected chi connectivity index (χ3v) is 4.04. The maximum Gasteiger partial charge on any atom is 0.252 e. The number of carbonyl (C=O) groups excluding carboxylic acids is 1. The minimum absolute atomic E-state index is 0.111. The second-order valence-corrected chi connectivity index (χ2v) is 6.37. The van der Waals surface area contributed by atoms with E-state index in [1.165, 1.54) is 19.3 Å². The quantitative estimate of drug-likeness (QED) is 0.450. The molecule has 0 atom stereocenters. The van der Waals surface area contributed by atoms with Crippen LogP contribution in [0.15, 0.2) is 53.8 Å². The van der Waals surface area contributed by atoms with E-state index in [0.29, 0.717) is 18.7 Å². The molecule has 0 saturated carbocycles. The summed E-state index contributed by atoms with van der Waals surface area (Å²) in [5.74, 6) is 0.712. The molecule has 0 fully saturated rings. The molecule has 0 aliphatic carbocycles. The summed E-state index contributed by atoms with van der Waals surface area (Å²) in [6, 6.07) is 11.4. The lowest BCUT2D eigenvalue weighted by Gasteiger charge is -2.08. The summed E-state index contributed by atoms with van der Waals surface area (Å²) in [6.07, 6.45) is 10.8. The van der Waals surface area contributed by atoms with Gasteiger partial charge in [0.2, 0.25) is 0 Å². The maximum absolute atomic E-state index is 11.9. The first kappa shape index (κ1) is 20.6. The van der Waals surface area contributed by atoms with Crippen molar-refractivity contribution in [3.8, 4) is 5.75 Å². The Morgan fingerprint density at radius 2 is 2.11 bits per heavy atom. The predicted octanol–water partition coefficient (Wildman–Crippen LogP) is 4.28. The number of hydrogen-bond acceptors (Lipinski definition) is 4. The van der Waals surface area contributed by atoms with Crippen LogP contribution in [0.5, 0.6) is 5.75 Å². The Bertz CT molecular complexity index is 702. The standard InChI is InChI=1S/C22H29N3O2/c1-2-3-4-5-12-23-17-19-9-6-11-21(16-19)27-15-8-14-25-22(26)20-10-7-13-24-18-20/h6-7,9-11,13,16-18H,2-5,8,12,14-15H2,1H3,(H,25,26). The highest BCUT2D eigenvalue weighted by molar-refractivity contribution is 5.93. The van der Waals surface area contributed by atoms with Crippen molar-refractivity contribution >= 4 is 12.1 Å². The molecule has 0 radical (unpaired) electrons. The van der Waals surface area contributed by atoms with Crippen LogP contribution < -0.4 is 10.1 Å². The number of hydrogen-bond donors (Lipinski definition) is 1. The molecule has 27 heavy (non-hydrogen) atoms. The van der Waals surface area contributed by atoms with Gasteiger partial charge in [-0.1, -0.05) is 38.3 Å². The van der Waals surface area contributed by atoms with Gasteiger partial charge in [0.25, 0.3) is 5.91 Å². The third kappa shape index (κ3) is 8.49. The summed E-state index contributed by atoms with van der Waals surface area (Å²) < 4.78 is 5.77. The Morgan fingerprint density at radius 1 is 1.19 bits per heavy atom. The SMILES string of the molecule is CCCCCCN=Cc1cccc(OCCCNC(=O)c2cccnc2)c1. The number of amides is 1. The van der Waals surface area contributed by atoms with E-state index < -0.39 is 0 Å². The molecule has 0 aliphatic heterocycles. The summed E-state index contributed by atoms with van der Waals surface area (Å²) in [7, 11) is 0. The van der Waals surface area contributed by atoms with Gasteiger partial charge in [0.1, 0.15) is 5.75 Å². The van der Waals surface area contributed by atoms with Gasteiger partial charge < -0.3 is 10.1 Å². The Balaban J connectivity index is 1.64. The lowest BCUT2D eigenvalue weighted by Crippen LogP contribution is -2.25. The molecule has 2 aromatic rings. The van der Waals surface area contributed by atoms with Crippen molar-refractivity contribution in [2.24, 2.45) is 4.99 Å². The van der Waals surface area contributed by atoms with Crippen LogP contribution >= 0.6 is 0 Å². The Morgan fingerprint density at radius 3 is 2.93 bits per heavy atom. The molecule has 0 unspecified atom stereocenters. The van der Waals surface area contributed by atoms with Gasteiger partial charge in [-0.2, -0.15) is 0 Å². The number of pyridine rings is 1. The van der Waals surface area contributed by atoms with E-state index in [9.17, 15) is 4.79 Å². The van der Waals surface area contributed by atoms with Crippen molar-refractivity contribution < 1.29 is 9.53 Å². The number of nitrogens with one attached hydrogen (secondary N) is 1. The van der Waals surface area contributed by atoms with Crippen LogP contribution in [0.1, 0.15) is 54.9 Å². The van der Waals surface area contributed by atoms with E-state index in [4.69, 9.17) is 4.74 Å². The second-order valence-electron chi connectivity index (χ2n) is 6.37. The van der Waals surface area contributed by atoms with Gasteiger partial charge in [0.15, 0.2) is 0 Å². The van der Waals surface area contributed by atoms with Crippen LogP contribution in [0.25, 0.3) is 0 Å². The van der Waals surface area contributed by atoms with Gasteiger partial charge in [0.05, 0.1) is 12.2 Å². The molecular weight excluding hydrogens is 338 g/mol. The van der Waals surface area contributed by atoms with Crippen molar-refractivity contribution in [2.75, 3.05) is 19.7 Å². The first-order valence-electron chi connectivity index (χ1n) is 9.70. The number of unbranched alkanes of at least 4 members (excludes halogenated alkanes) is 3. The van der Waals surface area contributed by atoms with E-state index in [2.05, 4.69) is 22.2 Å². The van der Waals surface area contributed by atoms with Crippen LogP contribution in [0.4, 0.5) is 0 Å². The minimum Gasteiger partial charge on any atom is -0.494 e. The molecule has 1 amide bonds. The Hall–Kier alpha value is -2.69. The molecule has 1 aromatic carbocycles. The van der Waals surface area contributed by atoms with Crippen molar-refractivity contribution in [3.63, 3.8) is 0 Å². The van der Waals surface area contributed by atoms with E-state index in [1.807, 2.05) is 30.5 Å². The maximum atomic E-state index is 11.9. The molecule has 0 saturated heterocycles. The first-order chi connectivity index (χ1) is 13.3. The molecule has 1 N–H and O–H groups in total. The molecule has 2 rings (SSSR count). The molecule has 0 spiro atoms. The van der Waals surface area contributed by atoms with Crippen LogP contribution in [0.2, 0.25) is 0 Å². The van der Waals surface area contributed by atoms with Crippen LogP contribution in [0, 0.1) is 0 Å². The summed E-state index contributed by atoms with van der Waals surface area (Å²) in [5.41, 5.74) is 1.62. The number of aliphatic imine (C=N–C) groups is 1. The highest BCUT2D eigenvalue weighted by Crippen LogP contribution is 2.12. The minimum atomic E-state index is -0.111. The summed E-state index contributed by atoms with van der Waals surface area (Å²) in [5, 5.41) is 2.87. The highest BCUT2D eigenvalue weighted by Gasteiger charge is 2.03. The zero-order chi connectivity index (χ0) is 19.2. The fraction of sp³-hybridized carbons (Fsp3) is 0.409. The number of nitrogens with zero attached hydrogens (tertiary/aromatic N) is 2. The number of ether oxygens (including phenoxy) is 1. The molecule has 0 aliphatic rings. The average molecular weight is 367 g/mol. The second kappa shape index (κ2) is 12.6. The van der Waals surface area contributed by atoms with Crippen molar-refractivity contribution in [3.05, 3.63) is 59.9 Å². The van der Waals surface area contributed by atoms with Crippen LogP contribution in [0.3, 0.4) is 0 Å². The summed E-state index contributed by atoms with van der Waals surface area (Å²) in [4.78, 5) is 20.3. The summed E-state index contributed by atoms with van der Waals surface area (Å²) in [6.45, 7) is 4.20. The smallest absolute Gasteiger partial charge is 0.252 e. The fourth-order valence-electron chi connectivity index (χ4n) is 2.55. The van der Waals surface area contributed by atoms with Gasteiger partial charge in [0, 0.05) is 31.7 Å².